The molecule has 1 aromatic heterocycles. The zero-order chi connectivity index (χ0) is 19.4. The molecule has 1 aliphatic heterocycles. The summed E-state index contributed by atoms with van der Waals surface area (Å²) in [7, 11) is 1.61. The van der Waals surface area contributed by atoms with Crippen molar-refractivity contribution in [2.75, 3.05) is 20.3 Å². The highest BCUT2D eigenvalue weighted by atomic mass is 16.5. The number of aryl methyl sites for hydroxylation is 1. The van der Waals surface area contributed by atoms with Crippen molar-refractivity contribution in [2.45, 2.75) is 38.8 Å². The van der Waals surface area contributed by atoms with E-state index in [1.807, 2.05) is 55.3 Å². The molecule has 0 spiro atoms. The Morgan fingerprint density at radius 1 is 1.33 bits per heavy atom. The van der Waals surface area contributed by atoms with Crippen molar-refractivity contribution in [3.8, 4) is 11.5 Å². The maximum absolute atomic E-state index is 11.8. The van der Waals surface area contributed by atoms with Gasteiger partial charge in [-0.15, -0.1) is 0 Å². The number of carbonyl (C=O) groups is 1. The molecule has 2 heterocycles. The van der Waals surface area contributed by atoms with Crippen molar-refractivity contribution in [3.05, 3.63) is 53.3 Å². The molecule has 0 amide bonds. The molecule has 1 saturated heterocycles. The number of aromatic nitrogens is 1. The number of rotatable bonds is 7. The van der Waals surface area contributed by atoms with E-state index < -0.39 is 12.0 Å². The fourth-order valence-corrected chi connectivity index (χ4v) is 3.67. The minimum Gasteiger partial charge on any atom is -0.493 e. The Kier molecular flexibility index (Phi) is 5.96. The molecule has 1 aliphatic rings. The lowest BCUT2D eigenvalue weighted by Gasteiger charge is -2.31. The van der Waals surface area contributed by atoms with E-state index in [-0.39, 0.29) is 6.04 Å². The van der Waals surface area contributed by atoms with Crippen molar-refractivity contribution in [1.29, 1.82) is 0 Å². The SMILES string of the molecule is CCOc1cc(C(c2ccc(C)cn2)N2CCCC2C(=O)O)ccc1OC. The lowest BCUT2D eigenvalue weighted by atomic mass is 9.99. The maximum atomic E-state index is 11.8. The summed E-state index contributed by atoms with van der Waals surface area (Å²) in [6.07, 6.45) is 3.32. The van der Waals surface area contributed by atoms with Gasteiger partial charge in [0.2, 0.25) is 0 Å². The number of hydrogen-bond acceptors (Lipinski definition) is 5. The van der Waals surface area contributed by atoms with E-state index in [2.05, 4.69) is 4.98 Å². The van der Waals surface area contributed by atoms with Crippen LogP contribution in [-0.2, 0) is 4.79 Å². The molecule has 1 aromatic carbocycles. The second kappa shape index (κ2) is 8.39. The molecular formula is C21H26N2O4. The number of aliphatic carboxylic acids is 1. The topological polar surface area (TPSA) is 71.9 Å². The fraction of sp³-hybridized carbons (Fsp3) is 0.429. The molecule has 0 radical (unpaired) electrons. The summed E-state index contributed by atoms with van der Waals surface area (Å²) in [5.41, 5.74) is 2.85. The molecule has 2 unspecified atom stereocenters. The average molecular weight is 370 g/mol. The van der Waals surface area contributed by atoms with Crippen LogP contribution in [0.5, 0.6) is 11.5 Å². The van der Waals surface area contributed by atoms with Gasteiger partial charge >= 0.3 is 5.97 Å². The molecule has 6 nitrogen and oxygen atoms in total. The largest absolute Gasteiger partial charge is 0.493 e. The van der Waals surface area contributed by atoms with Gasteiger partial charge < -0.3 is 14.6 Å². The summed E-state index contributed by atoms with van der Waals surface area (Å²) >= 11 is 0. The van der Waals surface area contributed by atoms with Crippen molar-refractivity contribution >= 4 is 5.97 Å². The molecule has 27 heavy (non-hydrogen) atoms. The Morgan fingerprint density at radius 2 is 2.15 bits per heavy atom. The molecular weight excluding hydrogens is 344 g/mol. The maximum Gasteiger partial charge on any atom is 0.320 e. The van der Waals surface area contributed by atoms with Gasteiger partial charge in [0, 0.05) is 12.7 Å². The Labute approximate surface area is 159 Å². The quantitative estimate of drug-likeness (QED) is 0.805. The summed E-state index contributed by atoms with van der Waals surface area (Å²) < 4.78 is 11.1. The van der Waals surface area contributed by atoms with Crippen LogP contribution in [-0.4, -0.2) is 47.3 Å². The van der Waals surface area contributed by atoms with Gasteiger partial charge in [-0.3, -0.25) is 14.7 Å². The highest BCUT2D eigenvalue weighted by Gasteiger charge is 2.37. The third kappa shape index (κ3) is 4.06. The summed E-state index contributed by atoms with van der Waals surface area (Å²) in [5, 5.41) is 9.68. The zero-order valence-corrected chi connectivity index (χ0v) is 16.0. The average Bonchev–Trinajstić information content (AvgIpc) is 3.14. The number of likely N-dealkylation sites (tertiary alicyclic amines) is 1. The van der Waals surface area contributed by atoms with Crippen LogP contribution in [0.2, 0.25) is 0 Å². The number of hydrogen-bond donors (Lipinski definition) is 1. The molecule has 144 valence electrons. The highest BCUT2D eigenvalue weighted by molar-refractivity contribution is 5.74. The van der Waals surface area contributed by atoms with Crippen molar-refractivity contribution in [2.24, 2.45) is 0 Å². The number of nitrogens with zero attached hydrogens (tertiary/aromatic N) is 2. The first-order chi connectivity index (χ1) is 13.0. The number of ether oxygens (including phenoxy) is 2. The van der Waals surface area contributed by atoms with Crippen molar-refractivity contribution < 1.29 is 19.4 Å². The summed E-state index contributed by atoms with van der Waals surface area (Å²) in [6, 6.07) is 8.98. The first-order valence-corrected chi connectivity index (χ1v) is 9.27. The van der Waals surface area contributed by atoms with Crippen molar-refractivity contribution in [1.82, 2.24) is 9.88 Å². The number of methoxy groups -OCH3 is 1. The Balaban J connectivity index is 2.08. The van der Waals surface area contributed by atoms with Gasteiger partial charge in [0.05, 0.1) is 25.5 Å². The third-order valence-electron chi connectivity index (χ3n) is 4.93. The van der Waals surface area contributed by atoms with E-state index in [1.54, 1.807) is 7.11 Å². The third-order valence-corrected chi connectivity index (χ3v) is 4.93. The molecule has 6 heteroatoms. The van der Waals surface area contributed by atoms with E-state index in [4.69, 9.17) is 9.47 Å². The lowest BCUT2D eigenvalue weighted by Crippen LogP contribution is -2.39. The van der Waals surface area contributed by atoms with Crippen LogP contribution >= 0.6 is 0 Å². The van der Waals surface area contributed by atoms with Gasteiger partial charge in [-0.05, 0) is 56.0 Å². The van der Waals surface area contributed by atoms with E-state index in [9.17, 15) is 9.90 Å². The molecule has 2 aromatic rings. The van der Waals surface area contributed by atoms with Crippen molar-refractivity contribution in [3.63, 3.8) is 0 Å². The van der Waals surface area contributed by atoms with E-state index in [1.165, 1.54) is 0 Å². The van der Waals surface area contributed by atoms with Crippen LogP contribution < -0.4 is 9.47 Å². The van der Waals surface area contributed by atoms with Crippen LogP contribution in [0.25, 0.3) is 0 Å². The minimum absolute atomic E-state index is 0.251. The van der Waals surface area contributed by atoms with Crippen LogP contribution in [0, 0.1) is 6.92 Å². The normalized spacial score (nSPS) is 18.3. The Bertz CT molecular complexity index is 791. The second-order valence-corrected chi connectivity index (χ2v) is 6.74. The van der Waals surface area contributed by atoms with E-state index in [0.717, 1.165) is 23.2 Å². The van der Waals surface area contributed by atoms with Gasteiger partial charge in [-0.25, -0.2) is 0 Å². The van der Waals surface area contributed by atoms with Crippen LogP contribution in [0.4, 0.5) is 0 Å². The zero-order valence-electron chi connectivity index (χ0n) is 16.0. The molecule has 0 saturated carbocycles. The van der Waals surface area contributed by atoms with Crippen LogP contribution in [0.15, 0.2) is 36.5 Å². The van der Waals surface area contributed by atoms with E-state index in [0.29, 0.717) is 31.1 Å². The fourth-order valence-electron chi connectivity index (χ4n) is 3.67. The predicted octanol–water partition coefficient (Wildman–Crippen LogP) is 3.44. The molecule has 1 N–H and O–H groups in total. The summed E-state index contributed by atoms with van der Waals surface area (Å²) in [5.74, 6) is 0.524. The molecule has 1 fully saturated rings. The number of pyridine rings is 1. The molecule has 3 rings (SSSR count). The monoisotopic (exact) mass is 370 g/mol. The molecule has 2 atom stereocenters. The smallest absolute Gasteiger partial charge is 0.320 e. The lowest BCUT2D eigenvalue weighted by molar-refractivity contribution is -0.142. The highest BCUT2D eigenvalue weighted by Crippen LogP contribution is 2.38. The van der Waals surface area contributed by atoms with Gasteiger partial charge in [-0.1, -0.05) is 12.1 Å². The minimum atomic E-state index is -0.789. The van der Waals surface area contributed by atoms with Gasteiger partial charge in [0.15, 0.2) is 11.5 Å². The molecule has 0 aliphatic carbocycles. The van der Waals surface area contributed by atoms with Crippen LogP contribution in [0.1, 0.15) is 42.6 Å². The Morgan fingerprint density at radius 3 is 2.78 bits per heavy atom. The van der Waals surface area contributed by atoms with Gasteiger partial charge in [0.25, 0.3) is 0 Å². The first-order valence-electron chi connectivity index (χ1n) is 9.27. The number of carboxylic acid groups (broad SMARTS) is 1. The second-order valence-electron chi connectivity index (χ2n) is 6.74. The first kappa shape index (κ1) is 19.2. The van der Waals surface area contributed by atoms with E-state index >= 15 is 0 Å². The number of carboxylic acids is 1. The van der Waals surface area contributed by atoms with Gasteiger partial charge in [-0.2, -0.15) is 0 Å². The van der Waals surface area contributed by atoms with Gasteiger partial charge in [0.1, 0.15) is 6.04 Å². The summed E-state index contributed by atoms with van der Waals surface area (Å²) in [4.78, 5) is 18.4. The summed E-state index contributed by atoms with van der Waals surface area (Å²) in [6.45, 7) is 5.15. The predicted molar refractivity (Wildman–Crippen MR) is 102 cm³/mol. The molecule has 0 bridgehead atoms. The number of benzene rings is 1. The standard InChI is InChI=1S/C21H26N2O4/c1-4-27-19-12-15(8-10-18(19)26-3)20(16-9-7-14(2)13-22-16)23-11-5-6-17(23)21(24)25/h7-10,12-13,17,20H,4-6,11H2,1-3H3,(H,24,25). The Hall–Kier alpha value is -2.60. The van der Waals surface area contributed by atoms with Crippen LogP contribution in [0.3, 0.4) is 0 Å².